The van der Waals surface area contributed by atoms with Gasteiger partial charge < -0.3 is 10.1 Å². The van der Waals surface area contributed by atoms with Crippen LogP contribution < -0.4 is 10.1 Å². The first kappa shape index (κ1) is 24.8. The number of halogens is 3. The van der Waals surface area contributed by atoms with Crippen molar-refractivity contribution >= 4 is 46.4 Å². The van der Waals surface area contributed by atoms with E-state index in [1.54, 1.807) is 66.4 Å². The van der Waals surface area contributed by atoms with E-state index in [2.05, 4.69) is 25.9 Å². The fourth-order valence-electron chi connectivity index (χ4n) is 3.81. The molecule has 3 aromatic carbocycles. The van der Waals surface area contributed by atoms with E-state index in [4.69, 9.17) is 44.6 Å². The monoisotopic (exact) mass is 553 g/mol. The first-order chi connectivity index (χ1) is 17.9. The van der Waals surface area contributed by atoms with Crippen LogP contribution >= 0.6 is 34.8 Å². The number of benzene rings is 3. The summed E-state index contributed by atoms with van der Waals surface area (Å²) in [7, 11) is 1.57. The minimum absolute atomic E-state index is 0.164. The highest BCUT2D eigenvalue weighted by atomic mass is 35.5. The smallest absolute Gasteiger partial charge is 0.276 e. The van der Waals surface area contributed by atoms with Gasteiger partial charge in [0.25, 0.3) is 5.91 Å². The lowest BCUT2D eigenvalue weighted by Gasteiger charge is -2.11. The van der Waals surface area contributed by atoms with Crippen LogP contribution in [0.1, 0.15) is 21.9 Å². The van der Waals surface area contributed by atoms with Gasteiger partial charge in [0.05, 0.1) is 23.5 Å². The van der Waals surface area contributed by atoms with Crippen LogP contribution in [0.4, 0.5) is 5.69 Å². The number of anilines is 1. The third kappa shape index (κ3) is 5.29. The summed E-state index contributed by atoms with van der Waals surface area (Å²) >= 11 is 18.9. The zero-order valence-corrected chi connectivity index (χ0v) is 21.5. The lowest BCUT2D eigenvalue weighted by atomic mass is 10.0. The number of tetrazole rings is 1. The lowest BCUT2D eigenvalue weighted by molar-refractivity contribution is 0.102. The Bertz CT molecular complexity index is 1550. The van der Waals surface area contributed by atoms with Gasteiger partial charge in [-0.25, -0.2) is 4.68 Å². The third-order valence-electron chi connectivity index (χ3n) is 5.53. The summed E-state index contributed by atoms with van der Waals surface area (Å²) in [5.41, 5.74) is 3.21. The lowest BCUT2D eigenvalue weighted by Crippen LogP contribution is -2.15. The van der Waals surface area contributed by atoms with Crippen molar-refractivity contribution in [2.75, 3.05) is 12.4 Å². The third-order valence-corrected chi connectivity index (χ3v) is 6.32. The molecule has 5 aromatic rings. The SMILES string of the molecule is COc1ccc(NC(=O)c2nn(-c3ccc(Cl)cc3Cl)c(-c3ccc(Cl)cc3)c2Cc2nn[nH]n2)cc1. The van der Waals surface area contributed by atoms with Crippen LogP contribution in [-0.4, -0.2) is 43.4 Å². The molecule has 1 amide bonds. The maximum absolute atomic E-state index is 13.6. The fraction of sp³-hybridized carbons (Fsp3) is 0.0800. The number of ether oxygens (including phenoxy) is 1. The number of amides is 1. The van der Waals surface area contributed by atoms with Gasteiger partial charge in [-0.2, -0.15) is 10.3 Å². The zero-order valence-electron chi connectivity index (χ0n) is 19.2. The Morgan fingerprint density at radius 1 is 1.00 bits per heavy atom. The highest BCUT2D eigenvalue weighted by molar-refractivity contribution is 6.35. The molecule has 0 fully saturated rings. The van der Waals surface area contributed by atoms with Gasteiger partial charge in [-0.15, -0.1) is 10.2 Å². The van der Waals surface area contributed by atoms with Gasteiger partial charge in [-0.05, 0) is 54.6 Å². The molecule has 0 radical (unpaired) electrons. The van der Waals surface area contributed by atoms with E-state index in [1.165, 1.54) is 0 Å². The number of methoxy groups -OCH3 is 1. The average Bonchev–Trinajstić information content (AvgIpc) is 3.54. The number of aromatic nitrogens is 6. The van der Waals surface area contributed by atoms with Crippen molar-refractivity contribution in [2.24, 2.45) is 0 Å². The first-order valence-electron chi connectivity index (χ1n) is 10.9. The summed E-state index contributed by atoms with van der Waals surface area (Å²) in [6.07, 6.45) is 0.172. The summed E-state index contributed by atoms with van der Waals surface area (Å²) in [5, 5.41) is 23.3. The minimum Gasteiger partial charge on any atom is -0.497 e. The topological polar surface area (TPSA) is 111 Å². The number of rotatable bonds is 7. The molecule has 0 aliphatic rings. The van der Waals surface area contributed by atoms with Gasteiger partial charge in [0.15, 0.2) is 11.5 Å². The van der Waals surface area contributed by atoms with Crippen LogP contribution in [-0.2, 0) is 6.42 Å². The van der Waals surface area contributed by atoms with Crippen molar-refractivity contribution in [1.82, 2.24) is 30.4 Å². The number of carbonyl (C=O) groups is 1. The summed E-state index contributed by atoms with van der Waals surface area (Å²) in [5.74, 6) is 0.626. The van der Waals surface area contributed by atoms with Crippen LogP contribution in [0.3, 0.4) is 0 Å². The second kappa shape index (κ2) is 10.6. The quantitative estimate of drug-likeness (QED) is 0.261. The van der Waals surface area contributed by atoms with E-state index in [-0.39, 0.29) is 12.1 Å². The second-order valence-electron chi connectivity index (χ2n) is 7.88. The Morgan fingerprint density at radius 2 is 1.73 bits per heavy atom. The minimum atomic E-state index is -0.428. The van der Waals surface area contributed by atoms with E-state index in [0.29, 0.717) is 49.3 Å². The van der Waals surface area contributed by atoms with E-state index < -0.39 is 5.91 Å². The first-order valence-corrected chi connectivity index (χ1v) is 12.1. The molecule has 0 spiro atoms. The number of nitrogens with zero attached hydrogens (tertiary/aromatic N) is 5. The normalized spacial score (nSPS) is 10.9. The molecule has 0 aliphatic heterocycles. The molecule has 0 bridgehead atoms. The number of carbonyl (C=O) groups excluding carboxylic acids is 1. The molecular weight excluding hydrogens is 537 g/mol. The van der Waals surface area contributed by atoms with Gasteiger partial charge in [0.1, 0.15) is 5.75 Å². The van der Waals surface area contributed by atoms with Crippen LogP contribution in [0, 0.1) is 0 Å². The predicted octanol–water partition coefficient (Wildman–Crippen LogP) is 5.86. The molecule has 0 saturated heterocycles. The van der Waals surface area contributed by atoms with Crippen molar-refractivity contribution in [1.29, 1.82) is 0 Å². The molecule has 0 saturated carbocycles. The molecule has 9 nitrogen and oxygen atoms in total. The summed E-state index contributed by atoms with van der Waals surface area (Å²) in [4.78, 5) is 13.6. The van der Waals surface area contributed by atoms with Crippen molar-refractivity contribution < 1.29 is 9.53 Å². The van der Waals surface area contributed by atoms with E-state index in [0.717, 1.165) is 5.56 Å². The molecule has 186 valence electrons. The highest BCUT2D eigenvalue weighted by Crippen LogP contribution is 2.35. The number of nitrogens with one attached hydrogen (secondary N) is 2. The summed E-state index contributed by atoms with van der Waals surface area (Å²) in [6.45, 7) is 0. The van der Waals surface area contributed by atoms with Crippen molar-refractivity contribution in [3.8, 4) is 22.7 Å². The summed E-state index contributed by atoms with van der Waals surface area (Å²) in [6, 6.07) is 19.2. The molecular formula is C25H18Cl3N7O2. The van der Waals surface area contributed by atoms with Crippen LogP contribution in [0.2, 0.25) is 15.1 Å². The van der Waals surface area contributed by atoms with E-state index in [1.807, 2.05) is 12.1 Å². The molecule has 0 unspecified atom stereocenters. The molecule has 2 aromatic heterocycles. The maximum atomic E-state index is 13.6. The Balaban J connectivity index is 1.69. The van der Waals surface area contributed by atoms with E-state index in [9.17, 15) is 4.79 Å². The Morgan fingerprint density at radius 3 is 2.38 bits per heavy atom. The standard InChI is InChI=1S/C25H18Cl3N7O2/c1-37-18-9-7-17(8-10-18)29-25(36)23-19(13-22-30-33-34-31-22)24(14-2-4-15(26)5-3-14)35(32-23)21-11-6-16(27)12-20(21)28/h2-12H,13H2,1H3,(H,29,36)(H,30,31,33,34). The van der Waals surface area contributed by atoms with Gasteiger partial charge in [0, 0.05) is 33.3 Å². The molecule has 2 heterocycles. The second-order valence-corrected chi connectivity index (χ2v) is 9.16. The predicted molar refractivity (Wildman–Crippen MR) is 142 cm³/mol. The van der Waals surface area contributed by atoms with Gasteiger partial charge in [-0.3, -0.25) is 4.79 Å². The van der Waals surface area contributed by atoms with Gasteiger partial charge in [0.2, 0.25) is 0 Å². The van der Waals surface area contributed by atoms with Crippen molar-refractivity contribution in [3.05, 3.63) is 98.9 Å². The molecule has 5 rings (SSSR count). The largest absolute Gasteiger partial charge is 0.497 e. The van der Waals surface area contributed by atoms with Crippen molar-refractivity contribution in [3.63, 3.8) is 0 Å². The van der Waals surface area contributed by atoms with Crippen LogP contribution in [0.25, 0.3) is 16.9 Å². The Hall–Kier alpha value is -3.92. The van der Waals surface area contributed by atoms with Crippen LogP contribution in [0.15, 0.2) is 66.7 Å². The number of H-pyrrole nitrogens is 1. The molecule has 2 N–H and O–H groups in total. The van der Waals surface area contributed by atoms with Crippen LogP contribution in [0.5, 0.6) is 5.75 Å². The summed E-state index contributed by atoms with van der Waals surface area (Å²) < 4.78 is 6.81. The maximum Gasteiger partial charge on any atom is 0.276 e. The highest BCUT2D eigenvalue weighted by Gasteiger charge is 2.27. The molecule has 37 heavy (non-hydrogen) atoms. The Labute approximate surface area is 226 Å². The average molecular weight is 555 g/mol. The number of aromatic amines is 1. The molecule has 12 heteroatoms. The Kier molecular flexibility index (Phi) is 7.09. The zero-order chi connectivity index (χ0) is 25.9. The number of hydrogen-bond donors (Lipinski definition) is 2. The molecule has 0 atom stereocenters. The van der Waals surface area contributed by atoms with E-state index >= 15 is 0 Å². The van der Waals surface area contributed by atoms with Gasteiger partial charge >= 0.3 is 0 Å². The van der Waals surface area contributed by atoms with Crippen molar-refractivity contribution in [2.45, 2.75) is 6.42 Å². The van der Waals surface area contributed by atoms with Gasteiger partial charge in [-0.1, -0.05) is 52.1 Å². The molecule has 0 aliphatic carbocycles. The number of hydrogen-bond acceptors (Lipinski definition) is 6. The fourth-order valence-corrected chi connectivity index (χ4v) is 4.43.